The number of aromatic nitrogens is 2. The van der Waals surface area contributed by atoms with Gasteiger partial charge >= 0.3 is 0 Å². The number of nitrogens with two attached hydrogens (primary N) is 2. The van der Waals surface area contributed by atoms with Gasteiger partial charge in [0.15, 0.2) is 0 Å². The van der Waals surface area contributed by atoms with Crippen molar-refractivity contribution in [3.63, 3.8) is 0 Å². The SMILES string of the molecule is Cn1nc(Br)c2cccc(N3C(N)=NC(N)=NC34CCCCC4)c21. The fourth-order valence-corrected chi connectivity index (χ4v) is 4.48. The van der Waals surface area contributed by atoms with Gasteiger partial charge in [-0.15, -0.1) is 0 Å². The molecule has 1 aliphatic carbocycles. The summed E-state index contributed by atoms with van der Waals surface area (Å²) in [6.45, 7) is 0. The fraction of sp³-hybridized carbons (Fsp3) is 0.438. The Balaban J connectivity index is 1.95. The predicted molar refractivity (Wildman–Crippen MR) is 100.0 cm³/mol. The average Bonchev–Trinajstić information content (AvgIpc) is 2.83. The highest BCUT2D eigenvalue weighted by Gasteiger charge is 2.43. The highest BCUT2D eigenvalue weighted by atomic mass is 79.9. The van der Waals surface area contributed by atoms with Gasteiger partial charge in [-0.3, -0.25) is 9.58 Å². The lowest BCUT2D eigenvalue weighted by Gasteiger charge is -2.45. The molecular weight excluding hydrogens is 370 g/mol. The number of hydrogen-bond acceptors (Lipinski definition) is 6. The molecule has 2 aliphatic rings. The molecule has 4 rings (SSSR count). The molecule has 126 valence electrons. The molecule has 1 saturated carbocycles. The summed E-state index contributed by atoms with van der Waals surface area (Å²) in [6.07, 6.45) is 5.25. The predicted octanol–water partition coefficient (Wildman–Crippen LogP) is 2.45. The minimum absolute atomic E-state index is 0.268. The van der Waals surface area contributed by atoms with Gasteiger partial charge in [0.25, 0.3) is 0 Å². The standard InChI is InChI=1S/C16H20BrN7/c1-23-12-10(13(17)22-23)6-5-7-11(12)24-15(19)20-14(18)21-16(24)8-3-2-4-9-16/h5-7H,2-4,8-9H2,1H3,(H4,18,19,20,21). The molecule has 0 unspecified atom stereocenters. The molecule has 0 radical (unpaired) electrons. The normalized spacial score (nSPS) is 20.3. The third-order valence-corrected chi connectivity index (χ3v) is 5.48. The summed E-state index contributed by atoms with van der Waals surface area (Å²) in [5.41, 5.74) is 13.8. The number of aliphatic imine (C=N–C) groups is 2. The average molecular weight is 390 g/mol. The van der Waals surface area contributed by atoms with Crippen molar-refractivity contribution in [2.75, 3.05) is 4.90 Å². The summed E-state index contributed by atoms with van der Waals surface area (Å²) < 4.78 is 2.68. The molecule has 7 nitrogen and oxygen atoms in total. The molecule has 8 heteroatoms. The molecule has 1 fully saturated rings. The van der Waals surface area contributed by atoms with Gasteiger partial charge in [0.05, 0.1) is 11.2 Å². The van der Waals surface area contributed by atoms with Gasteiger partial charge in [-0.05, 0) is 53.7 Å². The van der Waals surface area contributed by atoms with E-state index >= 15 is 0 Å². The van der Waals surface area contributed by atoms with E-state index in [2.05, 4.69) is 30.9 Å². The zero-order valence-corrected chi connectivity index (χ0v) is 15.1. The number of anilines is 1. The van der Waals surface area contributed by atoms with Crippen LogP contribution in [0.1, 0.15) is 32.1 Å². The van der Waals surface area contributed by atoms with Crippen molar-refractivity contribution in [2.45, 2.75) is 37.8 Å². The van der Waals surface area contributed by atoms with Gasteiger partial charge in [0.2, 0.25) is 11.9 Å². The van der Waals surface area contributed by atoms with E-state index in [0.717, 1.165) is 46.9 Å². The number of benzene rings is 1. The lowest BCUT2D eigenvalue weighted by atomic mass is 9.87. The number of halogens is 1. The summed E-state index contributed by atoms with van der Waals surface area (Å²) in [5.74, 6) is 0.665. The van der Waals surface area contributed by atoms with Crippen LogP contribution in [-0.4, -0.2) is 27.4 Å². The molecule has 1 spiro atoms. The zero-order valence-electron chi connectivity index (χ0n) is 13.5. The minimum Gasteiger partial charge on any atom is -0.369 e. The lowest BCUT2D eigenvalue weighted by molar-refractivity contribution is 0.306. The van der Waals surface area contributed by atoms with Crippen LogP contribution in [0.25, 0.3) is 10.9 Å². The second-order valence-electron chi connectivity index (χ2n) is 6.41. The maximum absolute atomic E-state index is 6.33. The van der Waals surface area contributed by atoms with Crippen LogP contribution >= 0.6 is 15.9 Å². The second kappa shape index (κ2) is 5.47. The van der Waals surface area contributed by atoms with Gasteiger partial charge in [-0.1, -0.05) is 12.5 Å². The first kappa shape index (κ1) is 15.4. The molecule has 1 aliphatic heterocycles. The number of para-hydroxylation sites is 1. The number of fused-ring (bicyclic) bond motifs is 1. The van der Waals surface area contributed by atoms with Crippen LogP contribution in [0.3, 0.4) is 0 Å². The number of nitrogens with zero attached hydrogens (tertiary/aromatic N) is 5. The molecule has 1 aromatic carbocycles. The van der Waals surface area contributed by atoms with E-state index < -0.39 is 5.66 Å². The smallest absolute Gasteiger partial charge is 0.220 e. The monoisotopic (exact) mass is 389 g/mol. The Kier molecular flexibility index (Phi) is 3.52. The van der Waals surface area contributed by atoms with E-state index in [9.17, 15) is 0 Å². The van der Waals surface area contributed by atoms with Crippen LogP contribution in [0.5, 0.6) is 0 Å². The van der Waals surface area contributed by atoms with Crippen LogP contribution in [0.4, 0.5) is 5.69 Å². The Bertz CT molecular complexity index is 861. The molecular formula is C16H20BrN7. The number of rotatable bonds is 1. The summed E-state index contributed by atoms with van der Waals surface area (Å²) in [7, 11) is 1.93. The van der Waals surface area contributed by atoms with Crippen LogP contribution < -0.4 is 16.4 Å². The summed E-state index contributed by atoms with van der Waals surface area (Å²) in [6, 6.07) is 6.10. The largest absolute Gasteiger partial charge is 0.369 e. The van der Waals surface area contributed by atoms with Crippen molar-refractivity contribution in [2.24, 2.45) is 28.5 Å². The van der Waals surface area contributed by atoms with Crippen molar-refractivity contribution < 1.29 is 0 Å². The summed E-state index contributed by atoms with van der Waals surface area (Å²) >= 11 is 3.53. The number of hydrogen-bond donors (Lipinski definition) is 2. The second-order valence-corrected chi connectivity index (χ2v) is 7.16. The number of aryl methyl sites for hydroxylation is 1. The summed E-state index contributed by atoms with van der Waals surface area (Å²) in [4.78, 5) is 11.0. The van der Waals surface area contributed by atoms with Crippen LogP contribution in [0.15, 0.2) is 32.8 Å². The van der Waals surface area contributed by atoms with Gasteiger partial charge in [0, 0.05) is 12.4 Å². The van der Waals surface area contributed by atoms with E-state index in [4.69, 9.17) is 16.5 Å². The molecule has 24 heavy (non-hydrogen) atoms. The van der Waals surface area contributed by atoms with Crippen molar-refractivity contribution in [1.29, 1.82) is 0 Å². The molecule has 2 heterocycles. The minimum atomic E-state index is -0.445. The Labute approximate surface area is 148 Å². The number of guanidine groups is 2. The molecule has 1 aromatic heterocycles. The van der Waals surface area contributed by atoms with Crippen LogP contribution in [-0.2, 0) is 7.05 Å². The third kappa shape index (κ3) is 2.20. The quantitative estimate of drug-likeness (QED) is 0.782. The third-order valence-electron chi connectivity index (χ3n) is 4.89. The van der Waals surface area contributed by atoms with Crippen molar-refractivity contribution in [1.82, 2.24) is 9.78 Å². The molecule has 0 saturated heterocycles. The first-order chi connectivity index (χ1) is 11.5. The van der Waals surface area contributed by atoms with E-state index in [1.54, 1.807) is 0 Å². The zero-order chi connectivity index (χ0) is 16.9. The Morgan fingerprint density at radius 2 is 1.92 bits per heavy atom. The van der Waals surface area contributed by atoms with E-state index in [1.165, 1.54) is 6.42 Å². The van der Waals surface area contributed by atoms with E-state index in [-0.39, 0.29) is 5.96 Å². The maximum atomic E-state index is 6.33. The lowest BCUT2D eigenvalue weighted by Crippen LogP contribution is -2.58. The van der Waals surface area contributed by atoms with Crippen molar-refractivity contribution in [3.8, 4) is 0 Å². The fourth-order valence-electron chi connectivity index (χ4n) is 3.92. The van der Waals surface area contributed by atoms with Crippen molar-refractivity contribution in [3.05, 3.63) is 22.8 Å². The van der Waals surface area contributed by atoms with Gasteiger partial charge in [-0.2, -0.15) is 10.1 Å². The highest BCUT2D eigenvalue weighted by Crippen LogP contribution is 2.42. The van der Waals surface area contributed by atoms with Gasteiger partial charge < -0.3 is 11.5 Å². The maximum Gasteiger partial charge on any atom is 0.220 e. The molecule has 0 atom stereocenters. The van der Waals surface area contributed by atoms with E-state index in [0.29, 0.717) is 5.96 Å². The van der Waals surface area contributed by atoms with Crippen LogP contribution in [0, 0.1) is 0 Å². The van der Waals surface area contributed by atoms with E-state index in [1.807, 2.05) is 29.9 Å². The van der Waals surface area contributed by atoms with Gasteiger partial charge in [0.1, 0.15) is 10.3 Å². The van der Waals surface area contributed by atoms with Crippen molar-refractivity contribution >= 4 is 44.4 Å². The molecule has 0 amide bonds. The first-order valence-electron chi connectivity index (χ1n) is 8.13. The Morgan fingerprint density at radius 1 is 1.17 bits per heavy atom. The topological polar surface area (TPSA) is 97.8 Å². The Morgan fingerprint density at radius 3 is 2.67 bits per heavy atom. The Hall–Kier alpha value is -2.09. The molecule has 2 aromatic rings. The molecule has 4 N–H and O–H groups in total. The first-order valence-corrected chi connectivity index (χ1v) is 8.92. The van der Waals surface area contributed by atoms with Gasteiger partial charge in [-0.25, -0.2) is 4.99 Å². The highest BCUT2D eigenvalue weighted by molar-refractivity contribution is 9.10. The summed E-state index contributed by atoms with van der Waals surface area (Å²) in [5, 5.41) is 5.52. The molecule has 0 bridgehead atoms. The van der Waals surface area contributed by atoms with Crippen LogP contribution in [0.2, 0.25) is 0 Å².